The summed E-state index contributed by atoms with van der Waals surface area (Å²) in [6.07, 6.45) is 2.42. The largest absolute Gasteiger partial charge is 0.338 e. The number of rotatable bonds is 6. The first-order valence-electron chi connectivity index (χ1n) is 6.94. The smallest absolute Gasteiger partial charge is 0.240 e. The van der Waals surface area contributed by atoms with Gasteiger partial charge >= 0.3 is 0 Å². The lowest BCUT2D eigenvalue weighted by atomic mass is 10.2. The monoisotopic (exact) mass is 257 g/mol. The fourth-order valence-electron chi connectivity index (χ4n) is 2.15. The van der Waals surface area contributed by atoms with Gasteiger partial charge in [-0.2, -0.15) is 4.98 Å². The van der Waals surface area contributed by atoms with Crippen LogP contribution in [-0.2, 0) is 13.1 Å². The van der Waals surface area contributed by atoms with Crippen molar-refractivity contribution in [2.75, 3.05) is 6.54 Å². The molecule has 0 unspecified atom stereocenters. The molecular formula is C15H19N3O. The highest BCUT2D eigenvalue weighted by atomic mass is 16.5. The second-order valence-electron chi connectivity index (χ2n) is 5.11. The molecule has 0 radical (unpaired) electrons. The second kappa shape index (κ2) is 5.53. The maximum absolute atomic E-state index is 5.33. The maximum atomic E-state index is 5.33. The Balaban J connectivity index is 1.62. The van der Waals surface area contributed by atoms with E-state index in [2.05, 4.69) is 46.2 Å². The molecule has 1 aromatic carbocycles. The molecule has 0 atom stereocenters. The summed E-state index contributed by atoms with van der Waals surface area (Å²) in [5, 5.41) is 4.06. The zero-order valence-electron chi connectivity index (χ0n) is 11.2. The van der Waals surface area contributed by atoms with Gasteiger partial charge < -0.3 is 4.52 Å². The van der Waals surface area contributed by atoms with Gasteiger partial charge in [-0.05, 0) is 24.9 Å². The number of benzene rings is 1. The Labute approximate surface area is 113 Å². The minimum absolute atomic E-state index is 0.557. The van der Waals surface area contributed by atoms with E-state index in [1.165, 1.54) is 18.4 Å². The maximum Gasteiger partial charge on any atom is 0.240 e. The Morgan fingerprint density at radius 1 is 1.21 bits per heavy atom. The van der Waals surface area contributed by atoms with Crippen LogP contribution in [0.25, 0.3) is 0 Å². The van der Waals surface area contributed by atoms with Crippen molar-refractivity contribution in [3.63, 3.8) is 0 Å². The van der Waals surface area contributed by atoms with E-state index in [9.17, 15) is 0 Å². The standard InChI is InChI=1S/C15H19N3O/c1-2-18(10-12-6-4-3-5-7-12)11-14-16-15(17-19-14)13-8-9-13/h3-7,13H,2,8-11H2,1H3. The number of hydrogen-bond acceptors (Lipinski definition) is 4. The molecule has 0 aliphatic heterocycles. The third kappa shape index (κ3) is 3.20. The molecule has 1 aliphatic rings. The lowest BCUT2D eigenvalue weighted by molar-refractivity contribution is 0.228. The van der Waals surface area contributed by atoms with Gasteiger partial charge in [-0.15, -0.1) is 0 Å². The van der Waals surface area contributed by atoms with Crippen LogP contribution in [0, 0.1) is 0 Å². The first-order chi connectivity index (χ1) is 9.35. The predicted molar refractivity (Wildman–Crippen MR) is 72.5 cm³/mol. The Morgan fingerprint density at radius 3 is 2.68 bits per heavy atom. The Kier molecular flexibility index (Phi) is 3.60. The van der Waals surface area contributed by atoms with Crippen molar-refractivity contribution in [3.05, 3.63) is 47.6 Å². The molecule has 100 valence electrons. The molecule has 1 saturated carbocycles. The van der Waals surface area contributed by atoms with Gasteiger partial charge in [0.25, 0.3) is 0 Å². The van der Waals surface area contributed by atoms with Crippen molar-refractivity contribution < 1.29 is 4.52 Å². The lowest BCUT2D eigenvalue weighted by Gasteiger charge is -2.18. The highest BCUT2D eigenvalue weighted by molar-refractivity contribution is 5.14. The summed E-state index contributed by atoms with van der Waals surface area (Å²) >= 11 is 0. The fourth-order valence-corrected chi connectivity index (χ4v) is 2.15. The van der Waals surface area contributed by atoms with E-state index < -0.39 is 0 Å². The van der Waals surface area contributed by atoms with Gasteiger partial charge in [0.2, 0.25) is 5.89 Å². The van der Waals surface area contributed by atoms with Gasteiger partial charge in [0.15, 0.2) is 5.82 Å². The summed E-state index contributed by atoms with van der Waals surface area (Å²) in [6.45, 7) is 4.76. The average Bonchev–Trinajstić information content (AvgIpc) is 3.20. The SMILES string of the molecule is CCN(Cc1ccccc1)Cc1nc(C2CC2)no1. The van der Waals surface area contributed by atoms with Crippen molar-refractivity contribution >= 4 is 0 Å². The fraction of sp³-hybridized carbons (Fsp3) is 0.467. The highest BCUT2D eigenvalue weighted by Crippen LogP contribution is 2.38. The van der Waals surface area contributed by atoms with Crippen LogP contribution >= 0.6 is 0 Å². The van der Waals surface area contributed by atoms with Crippen molar-refractivity contribution in [3.8, 4) is 0 Å². The van der Waals surface area contributed by atoms with Crippen LogP contribution in [0.2, 0.25) is 0 Å². The van der Waals surface area contributed by atoms with Crippen LogP contribution in [0.15, 0.2) is 34.9 Å². The zero-order valence-corrected chi connectivity index (χ0v) is 11.2. The second-order valence-corrected chi connectivity index (χ2v) is 5.11. The van der Waals surface area contributed by atoms with E-state index in [0.29, 0.717) is 5.92 Å². The van der Waals surface area contributed by atoms with Crippen molar-refractivity contribution in [2.45, 2.75) is 38.8 Å². The molecule has 19 heavy (non-hydrogen) atoms. The summed E-state index contributed by atoms with van der Waals surface area (Å²) in [4.78, 5) is 6.79. The van der Waals surface area contributed by atoms with Gasteiger partial charge in [0, 0.05) is 12.5 Å². The first-order valence-corrected chi connectivity index (χ1v) is 6.94. The van der Waals surface area contributed by atoms with Gasteiger partial charge in [-0.1, -0.05) is 42.4 Å². The normalized spacial score (nSPS) is 15.1. The molecular weight excluding hydrogens is 238 g/mol. The summed E-state index contributed by atoms with van der Waals surface area (Å²) in [7, 11) is 0. The van der Waals surface area contributed by atoms with E-state index in [0.717, 1.165) is 31.3 Å². The van der Waals surface area contributed by atoms with E-state index in [4.69, 9.17) is 4.52 Å². The third-order valence-electron chi connectivity index (χ3n) is 3.48. The molecule has 3 rings (SSSR count). The van der Waals surface area contributed by atoms with Gasteiger partial charge in [-0.25, -0.2) is 0 Å². The van der Waals surface area contributed by atoms with E-state index in [1.807, 2.05) is 6.07 Å². The van der Waals surface area contributed by atoms with Crippen LogP contribution in [0.4, 0.5) is 0 Å². The van der Waals surface area contributed by atoms with Crippen molar-refractivity contribution in [1.82, 2.24) is 15.0 Å². The van der Waals surface area contributed by atoms with Crippen LogP contribution in [-0.4, -0.2) is 21.6 Å². The van der Waals surface area contributed by atoms with Crippen molar-refractivity contribution in [2.24, 2.45) is 0 Å². The summed E-state index contributed by atoms with van der Waals surface area (Å²) in [5.41, 5.74) is 1.31. The van der Waals surface area contributed by atoms with Crippen molar-refractivity contribution in [1.29, 1.82) is 0 Å². The highest BCUT2D eigenvalue weighted by Gasteiger charge is 2.28. The number of hydrogen-bond donors (Lipinski definition) is 0. The van der Waals surface area contributed by atoms with Crippen LogP contribution in [0.5, 0.6) is 0 Å². The molecule has 1 aromatic heterocycles. The van der Waals surface area contributed by atoms with E-state index in [1.54, 1.807) is 0 Å². The number of aromatic nitrogens is 2. The molecule has 1 fully saturated rings. The van der Waals surface area contributed by atoms with Crippen LogP contribution < -0.4 is 0 Å². The molecule has 0 amide bonds. The lowest BCUT2D eigenvalue weighted by Crippen LogP contribution is -2.22. The number of nitrogens with zero attached hydrogens (tertiary/aromatic N) is 3. The topological polar surface area (TPSA) is 42.2 Å². The minimum atomic E-state index is 0.557. The first kappa shape index (κ1) is 12.4. The van der Waals surface area contributed by atoms with Gasteiger partial charge in [-0.3, -0.25) is 4.90 Å². The summed E-state index contributed by atoms with van der Waals surface area (Å²) < 4.78 is 5.33. The average molecular weight is 257 g/mol. The Morgan fingerprint density at radius 2 is 2.00 bits per heavy atom. The van der Waals surface area contributed by atoms with Gasteiger partial charge in [0.05, 0.1) is 6.54 Å². The third-order valence-corrected chi connectivity index (χ3v) is 3.48. The molecule has 2 aromatic rings. The summed E-state index contributed by atoms with van der Waals surface area (Å²) in [6, 6.07) is 10.5. The Hall–Kier alpha value is -1.68. The minimum Gasteiger partial charge on any atom is -0.338 e. The molecule has 4 nitrogen and oxygen atoms in total. The predicted octanol–water partition coefficient (Wildman–Crippen LogP) is 2.97. The summed E-state index contributed by atoms with van der Waals surface area (Å²) in [5.74, 6) is 2.19. The quantitative estimate of drug-likeness (QED) is 0.798. The molecule has 0 N–H and O–H groups in total. The van der Waals surface area contributed by atoms with Crippen LogP contribution in [0.1, 0.15) is 43.0 Å². The van der Waals surface area contributed by atoms with E-state index >= 15 is 0 Å². The molecule has 0 bridgehead atoms. The Bertz CT molecular complexity index is 519. The molecule has 1 aliphatic carbocycles. The van der Waals surface area contributed by atoms with Gasteiger partial charge in [0.1, 0.15) is 0 Å². The van der Waals surface area contributed by atoms with Crippen LogP contribution in [0.3, 0.4) is 0 Å². The molecule has 4 heteroatoms. The molecule has 1 heterocycles. The van der Waals surface area contributed by atoms with E-state index in [-0.39, 0.29) is 0 Å². The molecule has 0 spiro atoms. The zero-order chi connectivity index (χ0) is 13.1. The molecule has 0 saturated heterocycles.